The van der Waals surface area contributed by atoms with Gasteiger partial charge >= 0.3 is 0 Å². The van der Waals surface area contributed by atoms with Crippen LogP contribution in [-0.4, -0.2) is 13.7 Å². The average Bonchev–Trinajstić information content (AvgIpc) is 3.69. The Balaban J connectivity index is 1.47. The first-order chi connectivity index (χ1) is 22.6. The van der Waals surface area contributed by atoms with E-state index in [1.807, 2.05) is 6.08 Å². The number of para-hydroxylation sites is 3. The van der Waals surface area contributed by atoms with Gasteiger partial charge < -0.3 is 13.7 Å². The number of hydrogen-bond acceptors (Lipinski definition) is 0. The fraction of sp³-hybridized carbons (Fsp3) is 0.0698. The molecule has 0 aliphatic heterocycles. The lowest BCUT2D eigenvalue weighted by atomic mass is 10.1. The van der Waals surface area contributed by atoms with E-state index < -0.39 is 0 Å². The normalized spacial score (nSPS) is 12.2. The summed E-state index contributed by atoms with van der Waals surface area (Å²) in [6.07, 6.45) is 10.6. The summed E-state index contributed by atoms with van der Waals surface area (Å²) in [7, 11) is 0. The summed E-state index contributed by atoms with van der Waals surface area (Å²) in [4.78, 5) is 0. The van der Waals surface area contributed by atoms with Gasteiger partial charge in [0.2, 0.25) is 0 Å². The largest absolute Gasteiger partial charge is 0.310 e. The highest BCUT2D eigenvalue weighted by Crippen LogP contribution is 2.39. The van der Waals surface area contributed by atoms with Crippen LogP contribution in [0.15, 0.2) is 134 Å². The second-order valence-corrected chi connectivity index (χ2v) is 11.8. The first-order valence-electron chi connectivity index (χ1n) is 15.9. The second-order valence-electron chi connectivity index (χ2n) is 11.8. The van der Waals surface area contributed by atoms with E-state index in [4.69, 9.17) is 0 Å². The Morgan fingerprint density at radius 3 is 1.59 bits per heavy atom. The van der Waals surface area contributed by atoms with Crippen molar-refractivity contribution < 1.29 is 0 Å². The predicted molar refractivity (Wildman–Crippen MR) is 199 cm³/mol. The first kappa shape index (κ1) is 27.7. The van der Waals surface area contributed by atoms with Crippen molar-refractivity contribution in [3.8, 4) is 17.1 Å². The third-order valence-corrected chi connectivity index (χ3v) is 9.24. The van der Waals surface area contributed by atoms with Gasteiger partial charge in [0.05, 0.1) is 27.8 Å². The maximum Gasteiger partial charge on any atom is 0.0542 e. The number of fused-ring (bicyclic) bond motifs is 5. The van der Waals surface area contributed by atoms with Crippen LogP contribution < -0.4 is 0 Å². The third kappa shape index (κ3) is 4.05. The van der Waals surface area contributed by atoms with E-state index in [1.54, 1.807) is 0 Å². The minimum atomic E-state index is 1.12. The SMILES string of the molecule is C=Cc1c(/C=C\C)n(-c2ccc3c(c2)c2cc(-n4c(/C=C\C)c(C)c5ccccc54)ccc2n3-c2ccccc2)c2ccccc12. The maximum absolute atomic E-state index is 4.18. The molecule has 0 amide bonds. The molecule has 0 aliphatic carbocycles. The minimum Gasteiger partial charge on any atom is -0.310 e. The van der Waals surface area contributed by atoms with E-state index in [0.717, 1.165) is 28.3 Å². The topological polar surface area (TPSA) is 14.8 Å². The summed E-state index contributed by atoms with van der Waals surface area (Å²) >= 11 is 0. The molecule has 5 aromatic carbocycles. The Labute approximate surface area is 269 Å². The van der Waals surface area contributed by atoms with E-state index >= 15 is 0 Å². The molecular formula is C43H35N3. The third-order valence-electron chi connectivity index (χ3n) is 9.24. The van der Waals surface area contributed by atoms with Crippen LogP contribution in [0.2, 0.25) is 0 Å². The van der Waals surface area contributed by atoms with Gasteiger partial charge in [0.25, 0.3) is 0 Å². The molecule has 0 N–H and O–H groups in total. The zero-order valence-corrected chi connectivity index (χ0v) is 26.4. The van der Waals surface area contributed by atoms with Gasteiger partial charge in [0, 0.05) is 49.9 Å². The fourth-order valence-electron chi connectivity index (χ4n) is 7.29. The molecule has 0 fully saturated rings. The van der Waals surface area contributed by atoms with Crippen LogP contribution in [0, 0.1) is 6.92 Å². The zero-order valence-electron chi connectivity index (χ0n) is 26.4. The molecule has 0 aliphatic rings. The highest BCUT2D eigenvalue weighted by atomic mass is 15.0. The fourth-order valence-corrected chi connectivity index (χ4v) is 7.29. The van der Waals surface area contributed by atoms with Gasteiger partial charge in [-0.3, -0.25) is 0 Å². The van der Waals surface area contributed by atoms with Gasteiger partial charge in [0.15, 0.2) is 0 Å². The summed E-state index contributed by atoms with van der Waals surface area (Å²) in [5, 5.41) is 4.90. The molecule has 0 saturated heterocycles. The zero-order chi connectivity index (χ0) is 31.4. The van der Waals surface area contributed by atoms with Crippen molar-refractivity contribution in [2.24, 2.45) is 0 Å². The van der Waals surface area contributed by atoms with Crippen molar-refractivity contribution in [2.75, 3.05) is 0 Å². The van der Waals surface area contributed by atoms with Crippen molar-refractivity contribution in [1.82, 2.24) is 13.7 Å². The molecule has 3 heterocycles. The summed E-state index contributed by atoms with van der Waals surface area (Å²) in [5.41, 5.74) is 12.9. The molecule has 46 heavy (non-hydrogen) atoms. The van der Waals surface area contributed by atoms with Crippen LogP contribution in [0.25, 0.3) is 78.9 Å². The standard InChI is InChI=1S/C43H35N3/c1-5-15-38-29(4)34-19-11-13-21-40(34)45(38)31-23-25-42-36(27-31)37-28-32(24-26-43(37)44(42)30-17-9-8-10-18-30)46-39(16-6-2)33(7-3)35-20-12-14-22-41(35)46/h5-28H,3H2,1-2,4H3/b15-5-,16-6-. The Morgan fingerprint density at radius 2 is 0.978 bits per heavy atom. The minimum absolute atomic E-state index is 1.12. The molecule has 8 aromatic rings. The quantitative estimate of drug-likeness (QED) is 0.182. The van der Waals surface area contributed by atoms with Crippen molar-refractivity contribution in [1.29, 1.82) is 0 Å². The molecule has 0 saturated carbocycles. The average molecular weight is 594 g/mol. The Kier molecular flexibility index (Phi) is 6.61. The monoisotopic (exact) mass is 593 g/mol. The lowest BCUT2D eigenvalue weighted by Crippen LogP contribution is -1.98. The van der Waals surface area contributed by atoms with Crippen LogP contribution >= 0.6 is 0 Å². The molecule has 0 unspecified atom stereocenters. The smallest absolute Gasteiger partial charge is 0.0542 e. The summed E-state index contributed by atoms with van der Waals surface area (Å²) in [6.45, 7) is 10.6. The molecule has 8 rings (SSSR count). The van der Waals surface area contributed by atoms with Gasteiger partial charge in [0.1, 0.15) is 0 Å². The predicted octanol–water partition coefficient (Wildman–Crippen LogP) is 11.7. The number of rotatable bonds is 6. The van der Waals surface area contributed by atoms with Crippen molar-refractivity contribution in [2.45, 2.75) is 20.8 Å². The molecule has 0 bridgehead atoms. The molecule has 0 atom stereocenters. The van der Waals surface area contributed by atoms with Crippen LogP contribution in [0.4, 0.5) is 0 Å². The van der Waals surface area contributed by atoms with Gasteiger partial charge in [-0.25, -0.2) is 0 Å². The van der Waals surface area contributed by atoms with E-state index in [2.05, 4.69) is 181 Å². The number of benzene rings is 5. The van der Waals surface area contributed by atoms with Crippen molar-refractivity contribution in [3.63, 3.8) is 0 Å². The molecule has 222 valence electrons. The summed E-state index contributed by atoms with van der Waals surface area (Å²) < 4.78 is 7.16. The molecule has 3 heteroatoms. The van der Waals surface area contributed by atoms with Gasteiger partial charge in [-0.15, -0.1) is 0 Å². The number of nitrogens with zero attached hydrogens (tertiary/aromatic N) is 3. The van der Waals surface area contributed by atoms with E-state index in [1.165, 1.54) is 54.9 Å². The van der Waals surface area contributed by atoms with Crippen LogP contribution in [-0.2, 0) is 0 Å². The molecule has 3 aromatic heterocycles. The summed E-state index contributed by atoms with van der Waals surface area (Å²) in [5.74, 6) is 0. The highest BCUT2D eigenvalue weighted by molar-refractivity contribution is 6.11. The van der Waals surface area contributed by atoms with E-state index in [0.29, 0.717) is 0 Å². The maximum atomic E-state index is 4.18. The van der Waals surface area contributed by atoms with E-state index in [9.17, 15) is 0 Å². The number of aromatic nitrogens is 3. The second kappa shape index (κ2) is 11.0. The van der Waals surface area contributed by atoms with Crippen molar-refractivity contribution >= 4 is 61.8 Å². The molecule has 3 nitrogen and oxygen atoms in total. The lowest BCUT2D eigenvalue weighted by molar-refractivity contribution is 1.10. The van der Waals surface area contributed by atoms with Gasteiger partial charge in [-0.2, -0.15) is 0 Å². The molecular weight excluding hydrogens is 558 g/mol. The summed E-state index contributed by atoms with van der Waals surface area (Å²) in [6, 6.07) is 41.8. The number of aryl methyl sites for hydroxylation is 1. The molecule has 0 spiro atoms. The molecule has 0 radical (unpaired) electrons. The highest BCUT2D eigenvalue weighted by Gasteiger charge is 2.19. The van der Waals surface area contributed by atoms with Crippen LogP contribution in [0.5, 0.6) is 0 Å². The number of hydrogen-bond donors (Lipinski definition) is 0. The number of allylic oxidation sites excluding steroid dienone is 2. The van der Waals surface area contributed by atoms with Crippen molar-refractivity contribution in [3.05, 3.63) is 157 Å². The van der Waals surface area contributed by atoms with Gasteiger partial charge in [-0.05, 0) is 99.2 Å². The lowest BCUT2D eigenvalue weighted by Gasteiger charge is -2.11. The Morgan fingerprint density at radius 1 is 0.478 bits per heavy atom. The van der Waals surface area contributed by atoms with E-state index in [-0.39, 0.29) is 0 Å². The Hall–Kier alpha value is -5.80. The van der Waals surface area contributed by atoms with Crippen LogP contribution in [0.1, 0.15) is 36.4 Å². The van der Waals surface area contributed by atoms with Gasteiger partial charge in [-0.1, -0.05) is 79.4 Å². The first-order valence-corrected chi connectivity index (χ1v) is 15.9. The van der Waals surface area contributed by atoms with Crippen LogP contribution in [0.3, 0.4) is 0 Å². The Bertz CT molecular complexity index is 2510.